The van der Waals surface area contributed by atoms with Gasteiger partial charge in [0.1, 0.15) is 12.3 Å². The second kappa shape index (κ2) is 8.74. The predicted molar refractivity (Wildman–Crippen MR) is 110 cm³/mol. The van der Waals surface area contributed by atoms with E-state index in [2.05, 4.69) is 10.3 Å². The van der Waals surface area contributed by atoms with Crippen molar-refractivity contribution in [1.82, 2.24) is 14.5 Å². The summed E-state index contributed by atoms with van der Waals surface area (Å²) in [6.07, 6.45) is 1.29. The first kappa shape index (κ1) is 20.3. The molecule has 150 valence electrons. The van der Waals surface area contributed by atoms with Crippen molar-refractivity contribution in [3.8, 4) is 5.75 Å². The number of hydrogen-bond donors (Lipinski definition) is 1. The number of nitrogens with one attached hydrogen (secondary N) is 1. The number of halogens is 1. The standard InChI is InChI=1S/C20H19ClN4O4/c1-24(10-18(26)23-14-4-3-5-15(9-14)29-2)19(27)11-25-12-22-17-8-13(21)6-7-16(17)20(25)28/h3-9,12H,10-11H2,1-2H3,(H,23,26). The van der Waals surface area contributed by atoms with Gasteiger partial charge in [0.05, 0.1) is 30.9 Å². The van der Waals surface area contributed by atoms with E-state index in [4.69, 9.17) is 16.3 Å². The molecular weight excluding hydrogens is 396 g/mol. The van der Waals surface area contributed by atoms with E-state index >= 15 is 0 Å². The SMILES string of the molecule is COc1cccc(NC(=O)CN(C)C(=O)Cn2cnc3cc(Cl)ccc3c2=O)c1. The van der Waals surface area contributed by atoms with Crippen molar-refractivity contribution in [2.45, 2.75) is 6.54 Å². The summed E-state index contributed by atoms with van der Waals surface area (Å²) in [6, 6.07) is 11.6. The Morgan fingerprint density at radius 2 is 2.03 bits per heavy atom. The van der Waals surface area contributed by atoms with Crippen molar-refractivity contribution >= 4 is 40.0 Å². The van der Waals surface area contributed by atoms with E-state index in [1.165, 1.54) is 30.0 Å². The monoisotopic (exact) mass is 414 g/mol. The predicted octanol–water partition coefficient (Wildman–Crippen LogP) is 2.16. The molecule has 0 radical (unpaired) electrons. The van der Waals surface area contributed by atoms with Gasteiger partial charge in [0, 0.05) is 23.8 Å². The first-order valence-electron chi connectivity index (χ1n) is 8.70. The fourth-order valence-corrected chi connectivity index (χ4v) is 2.88. The van der Waals surface area contributed by atoms with Crippen molar-refractivity contribution < 1.29 is 14.3 Å². The Labute approximate surface area is 171 Å². The third-order valence-electron chi connectivity index (χ3n) is 4.25. The molecule has 29 heavy (non-hydrogen) atoms. The quantitative estimate of drug-likeness (QED) is 0.667. The summed E-state index contributed by atoms with van der Waals surface area (Å²) in [5, 5.41) is 3.54. The Hall–Kier alpha value is -3.39. The number of likely N-dealkylation sites (N-methyl/N-ethyl adjacent to an activating group) is 1. The van der Waals surface area contributed by atoms with Crippen LogP contribution in [0.5, 0.6) is 5.75 Å². The van der Waals surface area contributed by atoms with Crippen LogP contribution < -0.4 is 15.6 Å². The molecule has 1 N–H and O–H groups in total. The molecule has 9 heteroatoms. The molecule has 0 fully saturated rings. The van der Waals surface area contributed by atoms with Gasteiger partial charge < -0.3 is 15.0 Å². The van der Waals surface area contributed by atoms with E-state index in [1.54, 1.807) is 42.5 Å². The zero-order chi connectivity index (χ0) is 21.0. The number of aromatic nitrogens is 2. The molecular formula is C20H19ClN4O4. The Bertz CT molecular complexity index is 1130. The number of anilines is 1. The van der Waals surface area contributed by atoms with Crippen LogP contribution in [0.3, 0.4) is 0 Å². The third kappa shape index (κ3) is 4.91. The molecule has 0 saturated heterocycles. The Morgan fingerprint density at radius 3 is 2.79 bits per heavy atom. The summed E-state index contributed by atoms with van der Waals surface area (Å²) in [4.78, 5) is 42.6. The summed E-state index contributed by atoms with van der Waals surface area (Å²) in [7, 11) is 3.03. The highest BCUT2D eigenvalue weighted by Gasteiger charge is 2.15. The van der Waals surface area contributed by atoms with Crippen molar-refractivity contribution in [3.63, 3.8) is 0 Å². The fourth-order valence-electron chi connectivity index (χ4n) is 2.72. The van der Waals surface area contributed by atoms with Crippen molar-refractivity contribution in [1.29, 1.82) is 0 Å². The summed E-state index contributed by atoms with van der Waals surface area (Å²) < 4.78 is 6.31. The van der Waals surface area contributed by atoms with Gasteiger partial charge in [-0.2, -0.15) is 0 Å². The van der Waals surface area contributed by atoms with Gasteiger partial charge in [0.25, 0.3) is 5.56 Å². The third-order valence-corrected chi connectivity index (χ3v) is 4.49. The van der Waals surface area contributed by atoms with Gasteiger partial charge in [-0.15, -0.1) is 0 Å². The average molecular weight is 415 g/mol. The first-order valence-corrected chi connectivity index (χ1v) is 9.08. The molecule has 0 aliphatic carbocycles. The van der Waals surface area contributed by atoms with Gasteiger partial charge in [-0.05, 0) is 30.3 Å². The summed E-state index contributed by atoms with van der Waals surface area (Å²) in [6.45, 7) is -0.394. The maximum Gasteiger partial charge on any atom is 0.261 e. The lowest BCUT2D eigenvalue weighted by molar-refractivity contribution is -0.133. The molecule has 8 nitrogen and oxygen atoms in total. The highest BCUT2D eigenvalue weighted by atomic mass is 35.5. The van der Waals surface area contributed by atoms with Crippen molar-refractivity contribution in [3.05, 3.63) is 64.2 Å². The zero-order valence-electron chi connectivity index (χ0n) is 15.9. The molecule has 3 rings (SSSR count). The fraction of sp³-hybridized carbons (Fsp3) is 0.200. The number of nitrogens with zero attached hydrogens (tertiary/aromatic N) is 3. The molecule has 2 amide bonds. The highest BCUT2D eigenvalue weighted by Crippen LogP contribution is 2.16. The minimum Gasteiger partial charge on any atom is -0.497 e. The number of hydrogen-bond acceptors (Lipinski definition) is 5. The van der Waals surface area contributed by atoms with E-state index < -0.39 is 5.91 Å². The van der Waals surface area contributed by atoms with E-state index in [0.29, 0.717) is 27.4 Å². The lowest BCUT2D eigenvalue weighted by Crippen LogP contribution is -2.38. The van der Waals surface area contributed by atoms with Crippen LogP contribution in [0.1, 0.15) is 0 Å². The lowest BCUT2D eigenvalue weighted by Gasteiger charge is -2.17. The number of methoxy groups -OCH3 is 1. The van der Waals surface area contributed by atoms with Crippen LogP contribution in [0, 0.1) is 0 Å². The van der Waals surface area contributed by atoms with Crippen LogP contribution in [0.15, 0.2) is 53.6 Å². The van der Waals surface area contributed by atoms with E-state index in [-0.39, 0.29) is 24.6 Å². The van der Waals surface area contributed by atoms with Crippen LogP contribution in [0.2, 0.25) is 5.02 Å². The number of rotatable bonds is 6. The Kier molecular flexibility index (Phi) is 6.13. The second-order valence-electron chi connectivity index (χ2n) is 6.37. The number of amides is 2. The topological polar surface area (TPSA) is 93.5 Å². The molecule has 0 atom stereocenters. The number of carbonyl (C=O) groups is 2. The van der Waals surface area contributed by atoms with Crippen LogP contribution in [-0.2, 0) is 16.1 Å². The molecule has 1 heterocycles. The number of carbonyl (C=O) groups excluding carboxylic acids is 2. The van der Waals surface area contributed by atoms with E-state index in [0.717, 1.165) is 0 Å². The van der Waals surface area contributed by atoms with Crippen LogP contribution in [0.4, 0.5) is 5.69 Å². The normalized spacial score (nSPS) is 10.6. The Balaban J connectivity index is 1.65. The Morgan fingerprint density at radius 1 is 1.24 bits per heavy atom. The van der Waals surface area contributed by atoms with E-state index in [1.807, 2.05) is 0 Å². The van der Waals surface area contributed by atoms with Crippen LogP contribution in [0.25, 0.3) is 10.9 Å². The largest absolute Gasteiger partial charge is 0.497 e. The molecule has 2 aromatic carbocycles. The first-order chi connectivity index (χ1) is 13.9. The zero-order valence-corrected chi connectivity index (χ0v) is 16.6. The molecule has 0 saturated carbocycles. The van der Waals surface area contributed by atoms with Gasteiger partial charge in [-0.25, -0.2) is 4.98 Å². The van der Waals surface area contributed by atoms with Gasteiger partial charge in [0.15, 0.2) is 0 Å². The van der Waals surface area contributed by atoms with Crippen molar-refractivity contribution in [2.75, 3.05) is 26.0 Å². The molecule has 0 unspecified atom stereocenters. The molecule has 0 aliphatic rings. The highest BCUT2D eigenvalue weighted by molar-refractivity contribution is 6.31. The maximum atomic E-state index is 12.5. The van der Waals surface area contributed by atoms with Gasteiger partial charge in [-0.1, -0.05) is 17.7 Å². The molecule has 3 aromatic rings. The summed E-state index contributed by atoms with van der Waals surface area (Å²) in [5.74, 6) is -0.160. The molecule has 0 bridgehead atoms. The van der Waals surface area contributed by atoms with Crippen LogP contribution in [-0.4, -0.2) is 47.0 Å². The summed E-state index contributed by atoms with van der Waals surface area (Å²) in [5.41, 5.74) is 0.662. The average Bonchev–Trinajstić information content (AvgIpc) is 2.70. The lowest BCUT2D eigenvalue weighted by atomic mass is 10.2. The number of benzene rings is 2. The van der Waals surface area contributed by atoms with Crippen LogP contribution >= 0.6 is 11.6 Å². The number of ether oxygens (including phenoxy) is 1. The minimum absolute atomic E-state index is 0.165. The van der Waals surface area contributed by atoms with Gasteiger partial charge in [0.2, 0.25) is 11.8 Å². The van der Waals surface area contributed by atoms with Crippen molar-refractivity contribution in [2.24, 2.45) is 0 Å². The smallest absolute Gasteiger partial charge is 0.261 e. The summed E-state index contributed by atoms with van der Waals surface area (Å²) >= 11 is 5.91. The molecule has 0 aliphatic heterocycles. The maximum absolute atomic E-state index is 12.5. The number of fused-ring (bicyclic) bond motifs is 1. The van der Waals surface area contributed by atoms with E-state index in [9.17, 15) is 14.4 Å². The molecule has 0 spiro atoms. The van der Waals surface area contributed by atoms with Gasteiger partial charge in [-0.3, -0.25) is 19.0 Å². The van der Waals surface area contributed by atoms with Gasteiger partial charge >= 0.3 is 0 Å². The molecule has 1 aromatic heterocycles. The minimum atomic E-state index is -0.400. The second-order valence-corrected chi connectivity index (χ2v) is 6.81.